The zero-order valence-corrected chi connectivity index (χ0v) is 19.0. The molecule has 0 spiro atoms. The minimum atomic E-state index is -5.54. The zero-order valence-electron chi connectivity index (χ0n) is 11.2. The van der Waals surface area contributed by atoms with Crippen LogP contribution in [0.3, 0.4) is 0 Å². The van der Waals surface area contributed by atoms with Crippen LogP contribution in [0.2, 0.25) is 0 Å². The Bertz CT molecular complexity index is 487. The van der Waals surface area contributed by atoms with Crippen molar-refractivity contribution in [1.29, 1.82) is 0 Å². The Morgan fingerprint density at radius 1 is 0.696 bits per heavy atom. The van der Waals surface area contributed by atoms with Crippen LogP contribution in [-0.4, -0.2) is 35.6 Å². The predicted molar refractivity (Wildman–Crippen MR) is 56.5 cm³/mol. The molecule has 0 radical (unpaired) electrons. The van der Waals surface area contributed by atoms with E-state index in [9.17, 15) is 47.6 Å². The maximum atomic E-state index is 10.3. The normalized spacial score (nSPS) is 19.9. The van der Waals surface area contributed by atoms with Crippen LogP contribution < -0.4 is 29.4 Å². The van der Waals surface area contributed by atoms with Crippen LogP contribution in [0.1, 0.15) is 0 Å². The molecule has 4 unspecified atom stereocenters. The summed E-state index contributed by atoms with van der Waals surface area (Å²) in [7, 11) is -19.7. The van der Waals surface area contributed by atoms with Crippen molar-refractivity contribution in [1.82, 2.24) is 0 Å². The van der Waals surface area contributed by atoms with Crippen LogP contribution in [0.15, 0.2) is 0 Å². The van der Waals surface area contributed by atoms with Crippen molar-refractivity contribution in [3.63, 3.8) is 0 Å². The van der Waals surface area contributed by atoms with Crippen molar-refractivity contribution in [2.24, 2.45) is 0 Å². The average molecular weight is 644 g/mol. The molecule has 0 aromatic carbocycles. The Morgan fingerprint density at radius 2 is 0.870 bits per heavy atom. The molecule has 0 saturated heterocycles. The van der Waals surface area contributed by atoms with E-state index in [-0.39, 0.29) is 31.1 Å². The molecule has 0 aromatic heterocycles. The minimum absolute atomic E-state index is 0. The maximum absolute atomic E-state index is 10.3. The summed E-state index contributed by atoms with van der Waals surface area (Å²) in [4.78, 5) is 60.3. The van der Waals surface area contributed by atoms with Gasteiger partial charge in [0.1, 0.15) is 11.2 Å². The second-order valence-corrected chi connectivity index (χ2v) is 11.0. The van der Waals surface area contributed by atoms with Gasteiger partial charge < -0.3 is 66.9 Å². The molecule has 0 aliphatic carbocycles. The monoisotopic (exact) mass is 644 g/mol. The van der Waals surface area contributed by atoms with Crippen LogP contribution in [0.5, 0.6) is 0 Å². The molecule has 0 aliphatic rings. The number of rotatable bonds is 6. The van der Waals surface area contributed by atoms with Gasteiger partial charge in [0.2, 0.25) is 0 Å². The Kier molecular flexibility index (Phi) is 13.6. The molecule has 23 heavy (non-hydrogen) atoms. The first-order chi connectivity index (χ1) is 9.43. The largest absolute Gasteiger partial charge is 6.00 e. The first-order valence-corrected chi connectivity index (χ1v) is 11.0. The van der Waals surface area contributed by atoms with Crippen LogP contribution in [0, 0.1) is 31.1 Å². The van der Waals surface area contributed by atoms with Gasteiger partial charge in [-0.15, -0.1) is 0 Å². The van der Waals surface area contributed by atoms with E-state index in [1.54, 1.807) is 0 Å². The molecule has 4 atom stereocenters. The molecule has 0 aliphatic heterocycles. The molecule has 0 amide bonds. The molecular formula is C4H10O14P4U. The summed E-state index contributed by atoms with van der Waals surface area (Å²) in [6.45, 7) is 0. The van der Waals surface area contributed by atoms with Gasteiger partial charge in [-0.2, -0.15) is 0 Å². The van der Waals surface area contributed by atoms with Gasteiger partial charge >= 0.3 is 31.1 Å². The average Bonchev–Trinajstić information content (AvgIpc) is 2.35. The zero-order chi connectivity index (χ0) is 18.6. The molecule has 0 saturated carbocycles. The molecule has 2 N–H and O–H groups in total. The number of hydrogen-bond acceptors (Lipinski definition) is 14. The summed E-state index contributed by atoms with van der Waals surface area (Å²) in [5.74, 6) is 0. The van der Waals surface area contributed by atoms with E-state index < -0.39 is 41.6 Å². The fraction of sp³-hybridized carbons (Fsp3) is 1.00. The summed E-state index contributed by atoms with van der Waals surface area (Å²) < 4.78 is 47.7. The van der Waals surface area contributed by atoms with E-state index >= 15 is 0 Å². The summed E-state index contributed by atoms with van der Waals surface area (Å²) in [6, 6.07) is 0. The summed E-state index contributed by atoms with van der Waals surface area (Å²) >= 11 is 0. The quantitative estimate of drug-likeness (QED) is 0.256. The molecule has 0 fully saturated rings. The summed E-state index contributed by atoms with van der Waals surface area (Å²) in [5, 5.41) is 16.6. The first kappa shape index (κ1) is 29.3. The number of hydrogen-bond donors (Lipinski definition) is 2. The van der Waals surface area contributed by atoms with Crippen LogP contribution >= 0.6 is 30.4 Å². The van der Waals surface area contributed by atoms with Crippen molar-refractivity contribution >= 4 is 30.4 Å². The standard InChI is InChI=1S/2C2H8O7P2.U/c2*1-9-11(7,8)2(3)10(4,5)6;/h2*2-3H,1H3,(H,7,8)(H2,4,5,6);/q;;+6/p-6. The van der Waals surface area contributed by atoms with Crippen LogP contribution in [-0.2, 0) is 27.3 Å². The third-order valence-electron chi connectivity index (χ3n) is 1.64. The third-order valence-corrected chi connectivity index (χ3v) is 8.32. The Morgan fingerprint density at radius 3 is 0.913 bits per heavy atom. The Labute approximate surface area is 153 Å². The van der Waals surface area contributed by atoms with E-state index in [1.165, 1.54) is 0 Å². The Balaban J connectivity index is -0.000000333. The van der Waals surface area contributed by atoms with Gasteiger partial charge in [-0.25, -0.2) is 0 Å². The predicted octanol–water partition coefficient (Wildman–Crippen LogP) is -5.25. The number of aliphatic hydroxyl groups excluding tert-OH is 2. The molecule has 0 aromatic rings. The molecule has 0 rings (SSSR count). The van der Waals surface area contributed by atoms with Crippen LogP contribution in [0.4, 0.5) is 0 Å². The van der Waals surface area contributed by atoms with E-state index in [0.29, 0.717) is 14.2 Å². The smallest absolute Gasteiger partial charge is 0.809 e. The van der Waals surface area contributed by atoms with E-state index in [4.69, 9.17) is 10.2 Å². The van der Waals surface area contributed by atoms with E-state index in [2.05, 4.69) is 9.05 Å². The van der Waals surface area contributed by atoms with Gasteiger partial charge in [0.05, 0.1) is 0 Å². The van der Waals surface area contributed by atoms with Crippen molar-refractivity contribution in [2.45, 2.75) is 11.2 Å². The van der Waals surface area contributed by atoms with Gasteiger partial charge in [0.15, 0.2) is 15.2 Å². The number of aliphatic hydroxyl groups is 2. The molecule has 19 heteroatoms. The van der Waals surface area contributed by atoms with E-state index in [0.717, 1.165) is 0 Å². The first-order valence-electron chi connectivity index (χ1n) is 4.56. The van der Waals surface area contributed by atoms with Gasteiger partial charge in [-0.1, -0.05) is 0 Å². The van der Waals surface area contributed by atoms with Gasteiger partial charge in [-0.3, -0.25) is 0 Å². The van der Waals surface area contributed by atoms with Gasteiger partial charge in [0, 0.05) is 14.2 Å². The van der Waals surface area contributed by atoms with Crippen molar-refractivity contribution in [3.8, 4) is 0 Å². The summed E-state index contributed by atoms with van der Waals surface area (Å²) in [6.07, 6.45) is 0. The molecule has 0 bridgehead atoms. The molecule has 134 valence electrons. The van der Waals surface area contributed by atoms with Crippen molar-refractivity contribution in [2.75, 3.05) is 14.2 Å². The van der Waals surface area contributed by atoms with Crippen molar-refractivity contribution < 1.29 is 98.0 Å². The van der Waals surface area contributed by atoms with E-state index in [1.807, 2.05) is 0 Å². The van der Waals surface area contributed by atoms with Crippen LogP contribution in [0.25, 0.3) is 0 Å². The summed E-state index contributed by atoms with van der Waals surface area (Å²) in [5.41, 5.74) is -6.00. The Hall–Kier alpha value is 1.57. The topological polar surface area (TPSA) is 266 Å². The van der Waals surface area contributed by atoms with Crippen molar-refractivity contribution in [3.05, 3.63) is 0 Å². The molecule has 0 heterocycles. The minimum Gasteiger partial charge on any atom is -0.809 e. The van der Waals surface area contributed by atoms with Gasteiger partial charge in [0.25, 0.3) is 0 Å². The molecule has 14 nitrogen and oxygen atoms in total. The SMILES string of the molecule is COP(=O)([O-])C(O)P(=O)([O-])[O-].COP(=O)([O-])C(O)P(=O)([O-])[O-].[U+6]. The third kappa shape index (κ3) is 11.0. The second-order valence-electron chi connectivity index (χ2n) is 3.22. The fourth-order valence-corrected chi connectivity index (χ4v) is 4.25. The maximum Gasteiger partial charge on any atom is 6.00 e. The fourth-order valence-electron chi connectivity index (χ4n) is 0.535. The molecular weight excluding hydrogens is 634 g/mol. The van der Waals surface area contributed by atoms with Gasteiger partial charge in [-0.05, 0) is 15.2 Å². The second kappa shape index (κ2) is 10.7.